The van der Waals surface area contributed by atoms with E-state index in [1.54, 1.807) is 0 Å². The van der Waals surface area contributed by atoms with Crippen LogP contribution in [0.1, 0.15) is 105 Å². The molecule has 1 aliphatic carbocycles. The van der Waals surface area contributed by atoms with E-state index in [2.05, 4.69) is 87.5 Å². The molecule has 3 aromatic carbocycles. The van der Waals surface area contributed by atoms with Gasteiger partial charge >= 0.3 is 0 Å². The van der Waals surface area contributed by atoms with Gasteiger partial charge in [-0.2, -0.15) is 0 Å². The van der Waals surface area contributed by atoms with Gasteiger partial charge in [-0.1, -0.05) is 113 Å². The first kappa shape index (κ1) is 23.8. The number of benzene rings is 3. The minimum Gasteiger partial charge on any atom is -0.0654 e. The van der Waals surface area contributed by atoms with Gasteiger partial charge in [0.15, 0.2) is 0 Å². The number of hydrogen-bond acceptors (Lipinski definition) is 0. The predicted molar refractivity (Wildman–Crippen MR) is 144 cm³/mol. The molecule has 3 aromatic rings. The number of aryl methyl sites for hydroxylation is 1. The van der Waals surface area contributed by atoms with Crippen molar-refractivity contribution in [2.45, 2.75) is 96.8 Å². The molecule has 0 fully saturated rings. The molecular formula is C33H42. The highest BCUT2D eigenvalue weighted by Crippen LogP contribution is 2.39. The van der Waals surface area contributed by atoms with Gasteiger partial charge in [0.25, 0.3) is 0 Å². The van der Waals surface area contributed by atoms with Crippen LogP contribution in [0.3, 0.4) is 0 Å². The number of unbranched alkanes of at least 4 members (excludes halogenated alkanes) is 2. The van der Waals surface area contributed by atoms with Crippen LogP contribution in [0.25, 0.3) is 11.1 Å². The summed E-state index contributed by atoms with van der Waals surface area (Å²) in [6.45, 7) is 6.92. The second-order valence-corrected chi connectivity index (χ2v) is 10.2. The molecule has 0 aromatic heterocycles. The van der Waals surface area contributed by atoms with Crippen molar-refractivity contribution in [2.75, 3.05) is 0 Å². The number of fused-ring (bicyclic) bond motifs is 3. The minimum absolute atomic E-state index is 0.545. The monoisotopic (exact) mass is 438 g/mol. The van der Waals surface area contributed by atoms with E-state index in [1.807, 2.05) is 0 Å². The van der Waals surface area contributed by atoms with E-state index in [1.165, 1.54) is 90.3 Å². The first-order chi connectivity index (χ1) is 16.2. The Bertz CT molecular complexity index is 1000. The molecule has 0 spiro atoms. The summed E-state index contributed by atoms with van der Waals surface area (Å²) in [5, 5.41) is 0. The van der Waals surface area contributed by atoms with Gasteiger partial charge in [-0.05, 0) is 89.3 Å². The molecule has 4 rings (SSSR count). The Morgan fingerprint density at radius 3 is 2.12 bits per heavy atom. The second kappa shape index (κ2) is 11.7. The highest BCUT2D eigenvalue weighted by atomic mass is 14.3. The summed E-state index contributed by atoms with van der Waals surface area (Å²) in [5.41, 5.74) is 10.5. The van der Waals surface area contributed by atoms with Crippen LogP contribution in [0.15, 0.2) is 66.7 Å². The van der Waals surface area contributed by atoms with Crippen LogP contribution in [0.2, 0.25) is 0 Å². The summed E-state index contributed by atoms with van der Waals surface area (Å²) >= 11 is 0. The van der Waals surface area contributed by atoms with Crippen molar-refractivity contribution in [1.29, 1.82) is 0 Å². The zero-order valence-corrected chi connectivity index (χ0v) is 21.1. The van der Waals surface area contributed by atoms with Crippen LogP contribution in [-0.2, 0) is 19.3 Å². The molecule has 0 aliphatic heterocycles. The Kier molecular flexibility index (Phi) is 8.43. The summed E-state index contributed by atoms with van der Waals surface area (Å²) in [6, 6.07) is 26.1. The Morgan fingerprint density at radius 1 is 0.697 bits per heavy atom. The fourth-order valence-corrected chi connectivity index (χ4v) is 5.83. The van der Waals surface area contributed by atoms with Crippen molar-refractivity contribution in [1.82, 2.24) is 0 Å². The fraction of sp³-hybridized carbons (Fsp3) is 0.455. The highest BCUT2D eigenvalue weighted by Gasteiger charge is 2.23. The van der Waals surface area contributed by atoms with Gasteiger partial charge in [0.2, 0.25) is 0 Å². The summed E-state index contributed by atoms with van der Waals surface area (Å²) in [6.07, 6.45) is 12.5. The van der Waals surface area contributed by atoms with Crippen LogP contribution in [-0.4, -0.2) is 0 Å². The molecule has 0 bridgehead atoms. The maximum Gasteiger partial charge on any atom is -0.00806 e. The molecule has 0 radical (unpaired) electrons. The van der Waals surface area contributed by atoms with Crippen LogP contribution in [0, 0.1) is 0 Å². The molecule has 0 heteroatoms. The van der Waals surface area contributed by atoms with Gasteiger partial charge in [-0.25, -0.2) is 0 Å². The zero-order chi connectivity index (χ0) is 23.0. The van der Waals surface area contributed by atoms with Gasteiger partial charge < -0.3 is 0 Å². The van der Waals surface area contributed by atoms with Crippen LogP contribution < -0.4 is 0 Å². The van der Waals surface area contributed by atoms with Gasteiger partial charge in [0.1, 0.15) is 0 Å². The Labute approximate surface area is 202 Å². The van der Waals surface area contributed by atoms with Crippen molar-refractivity contribution in [3.63, 3.8) is 0 Å². The summed E-state index contributed by atoms with van der Waals surface area (Å²) < 4.78 is 0. The van der Waals surface area contributed by atoms with Crippen LogP contribution in [0.4, 0.5) is 0 Å². The molecule has 1 unspecified atom stereocenters. The topological polar surface area (TPSA) is 0 Å². The van der Waals surface area contributed by atoms with Crippen molar-refractivity contribution in [2.24, 2.45) is 0 Å². The lowest BCUT2D eigenvalue weighted by atomic mass is 9.85. The summed E-state index contributed by atoms with van der Waals surface area (Å²) in [5.74, 6) is 1.26. The highest BCUT2D eigenvalue weighted by molar-refractivity contribution is 5.72. The molecule has 0 nitrogen and oxygen atoms in total. The molecule has 0 saturated heterocycles. The van der Waals surface area contributed by atoms with E-state index in [0.717, 1.165) is 18.8 Å². The molecule has 0 heterocycles. The Balaban J connectivity index is 1.64. The van der Waals surface area contributed by atoms with Crippen LogP contribution >= 0.6 is 0 Å². The van der Waals surface area contributed by atoms with Gasteiger partial charge in [-0.3, -0.25) is 0 Å². The Morgan fingerprint density at radius 2 is 1.39 bits per heavy atom. The maximum atomic E-state index is 2.52. The number of hydrogen-bond donors (Lipinski definition) is 0. The van der Waals surface area contributed by atoms with Crippen molar-refractivity contribution >= 4 is 0 Å². The van der Waals surface area contributed by atoms with E-state index in [4.69, 9.17) is 0 Å². The molecule has 0 saturated carbocycles. The quantitative estimate of drug-likeness (QED) is 0.276. The lowest BCUT2D eigenvalue weighted by Crippen LogP contribution is -2.06. The van der Waals surface area contributed by atoms with E-state index < -0.39 is 0 Å². The summed E-state index contributed by atoms with van der Waals surface area (Å²) in [4.78, 5) is 0. The van der Waals surface area contributed by atoms with E-state index >= 15 is 0 Å². The van der Waals surface area contributed by atoms with E-state index in [-0.39, 0.29) is 0 Å². The Hall–Kier alpha value is -2.34. The smallest absolute Gasteiger partial charge is 0.00806 e. The van der Waals surface area contributed by atoms with Crippen molar-refractivity contribution < 1.29 is 0 Å². The second-order valence-electron chi connectivity index (χ2n) is 10.2. The average molecular weight is 439 g/mol. The van der Waals surface area contributed by atoms with Crippen molar-refractivity contribution in [3.8, 4) is 11.1 Å². The SMILES string of the molecule is CCCCCc1ccc2c(c1)CC(c1ccc(C(CCC)CCC)cc1)Cc1ccccc1-2. The average Bonchev–Trinajstić information content (AvgIpc) is 3.01. The third-order valence-corrected chi connectivity index (χ3v) is 7.63. The normalized spacial score (nSPS) is 15.2. The first-order valence-corrected chi connectivity index (χ1v) is 13.5. The minimum atomic E-state index is 0.545. The van der Waals surface area contributed by atoms with E-state index in [0.29, 0.717) is 5.92 Å². The lowest BCUT2D eigenvalue weighted by Gasteiger charge is -2.20. The number of rotatable bonds is 10. The molecule has 33 heavy (non-hydrogen) atoms. The molecule has 0 amide bonds. The molecular weight excluding hydrogens is 396 g/mol. The lowest BCUT2D eigenvalue weighted by molar-refractivity contribution is 0.560. The van der Waals surface area contributed by atoms with Crippen LogP contribution in [0.5, 0.6) is 0 Å². The largest absolute Gasteiger partial charge is 0.0654 e. The first-order valence-electron chi connectivity index (χ1n) is 13.5. The van der Waals surface area contributed by atoms with Gasteiger partial charge in [-0.15, -0.1) is 0 Å². The molecule has 174 valence electrons. The summed E-state index contributed by atoms with van der Waals surface area (Å²) in [7, 11) is 0. The van der Waals surface area contributed by atoms with E-state index in [9.17, 15) is 0 Å². The zero-order valence-electron chi connectivity index (χ0n) is 21.1. The van der Waals surface area contributed by atoms with Crippen molar-refractivity contribution in [3.05, 3.63) is 94.5 Å². The predicted octanol–water partition coefficient (Wildman–Crippen LogP) is 9.65. The standard InChI is InChI=1S/C33H42/c1-4-7-8-13-25-16-21-33-31(22-25)24-30(23-29-14-9-10-15-32(29)33)28-19-17-27(18-20-28)26(11-5-2)12-6-3/h9-10,14-22,26,30H,4-8,11-13,23-24H2,1-3H3. The fourth-order valence-electron chi connectivity index (χ4n) is 5.83. The third-order valence-electron chi connectivity index (χ3n) is 7.63. The van der Waals surface area contributed by atoms with Gasteiger partial charge in [0, 0.05) is 0 Å². The third kappa shape index (κ3) is 5.78. The maximum absolute atomic E-state index is 2.52. The molecule has 1 atom stereocenters. The molecule has 0 N–H and O–H groups in total. The van der Waals surface area contributed by atoms with Gasteiger partial charge in [0.05, 0.1) is 0 Å². The molecule has 1 aliphatic rings.